The first-order valence-corrected chi connectivity index (χ1v) is 12.1. The smallest absolute Gasteiger partial charge is 0.253 e. The maximum atomic E-state index is 13.6. The first-order chi connectivity index (χ1) is 18.2. The Bertz CT molecular complexity index is 1490. The van der Waals surface area contributed by atoms with Gasteiger partial charge in [-0.1, -0.05) is 0 Å². The van der Waals surface area contributed by atoms with Gasteiger partial charge in [0.25, 0.3) is 5.88 Å². The highest BCUT2D eigenvalue weighted by Crippen LogP contribution is 2.32. The van der Waals surface area contributed by atoms with Crippen LogP contribution in [0.1, 0.15) is 25.8 Å². The second-order valence-electron chi connectivity index (χ2n) is 9.67. The number of anilines is 1. The van der Waals surface area contributed by atoms with Crippen molar-refractivity contribution in [3.8, 4) is 34.7 Å². The van der Waals surface area contributed by atoms with Crippen LogP contribution in [0.15, 0.2) is 48.9 Å². The number of halogens is 1. The molecule has 10 nitrogen and oxygen atoms in total. The average Bonchev–Trinajstić information content (AvgIpc) is 3.55. The van der Waals surface area contributed by atoms with Crippen LogP contribution in [0.3, 0.4) is 0 Å². The number of nitrogens with zero attached hydrogens (tertiary/aromatic N) is 6. The summed E-state index contributed by atoms with van der Waals surface area (Å²) in [6.45, 7) is 4.76. The monoisotopic (exact) mass is 518 g/mol. The Morgan fingerprint density at radius 1 is 1.24 bits per heavy atom. The summed E-state index contributed by atoms with van der Waals surface area (Å²) in [5.74, 6) is 0.960. The number of methoxy groups -OCH3 is 1. The molecule has 0 aromatic carbocycles. The topological polar surface area (TPSA) is 118 Å². The summed E-state index contributed by atoms with van der Waals surface area (Å²) in [4.78, 5) is 10.8. The Balaban J connectivity index is 1.35. The maximum Gasteiger partial charge on any atom is 0.253 e. The summed E-state index contributed by atoms with van der Waals surface area (Å²) in [7, 11) is 1.36. The molecular weight excluding hydrogens is 491 g/mol. The Hall–Kier alpha value is -4.43. The van der Waals surface area contributed by atoms with E-state index in [1.165, 1.54) is 25.4 Å². The van der Waals surface area contributed by atoms with E-state index >= 15 is 0 Å². The number of hydrogen-bond donors (Lipinski definition) is 1. The van der Waals surface area contributed by atoms with Crippen LogP contribution in [-0.4, -0.2) is 63.2 Å². The van der Waals surface area contributed by atoms with Crippen molar-refractivity contribution in [1.82, 2.24) is 19.6 Å². The predicted octanol–water partition coefficient (Wildman–Crippen LogP) is 3.62. The number of hydrogen-bond acceptors (Lipinski definition) is 9. The van der Waals surface area contributed by atoms with Crippen molar-refractivity contribution < 1.29 is 23.7 Å². The van der Waals surface area contributed by atoms with Crippen molar-refractivity contribution in [2.45, 2.75) is 32.0 Å². The summed E-state index contributed by atoms with van der Waals surface area (Å²) in [6, 6.07) is 10.6. The molecular formula is C27H27FN6O4. The molecule has 5 heterocycles. The summed E-state index contributed by atoms with van der Waals surface area (Å²) in [6.07, 6.45) is 5.57. The first-order valence-electron chi connectivity index (χ1n) is 12.1. The lowest BCUT2D eigenvalue weighted by Gasteiger charge is -2.19. The molecule has 0 saturated carbocycles. The van der Waals surface area contributed by atoms with Gasteiger partial charge >= 0.3 is 0 Å². The SMILES string of the molecule is COc1nc(OC2CCN(c3ccc(-c4cc(OCC(C)(C)O)cn5ncc(C#N)c45)cn3)C2)ccc1F. The van der Waals surface area contributed by atoms with Crippen LogP contribution in [0.5, 0.6) is 17.5 Å². The van der Waals surface area contributed by atoms with E-state index in [2.05, 4.69) is 26.0 Å². The van der Waals surface area contributed by atoms with E-state index in [1.807, 2.05) is 18.2 Å². The lowest BCUT2D eigenvalue weighted by Crippen LogP contribution is -2.27. The van der Waals surface area contributed by atoms with Gasteiger partial charge in [0.2, 0.25) is 5.88 Å². The fourth-order valence-corrected chi connectivity index (χ4v) is 4.29. The molecule has 0 amide bonds. The summed E-state index contributed by atoms with van der Waals surface area (Å²) >= 11 is 0. The molecule has 4 aromatic heterocycles. The zero-order valence-corrected chi connectivity index (χ0v) is 21.3. The largest absolute Gasteiger partial charge is 0.489 e. The van der Waals surface area contributed by atoms with Crippen molar-refractivity contribution in [2.75, 3.05) is 31.7 Å². The van der Waals surface area contributed by atoms with Crippen molar-refractivity contribution in [3.05, 3.63) is 60.3 Å². The second-order valence-corrected chi connectivity index (χ2v) is 9.67. The molecule has 0 radical (unpaired) electrons. The summed E-state index contributed by atoms with van der Waals surface area (Å²) in [5.41, 5.74) is 1.61. The van der Waals surface area contributed by atoms with Gasteiger partial charge in [-0.2, -0.15) is 15.3 Å². The number of aliphatic hydroxyl groups is 1. The highest BCUT2D eigenvalue weighted by Gasteiger charge is 2.26. The quantitative estimate of drug-likeness (QED) is 0.373. The molecule has 38 heavy (non-hydrogen) atoms. The summed E-state index contributed by atoms with van der Waals surface area (Å²) in [5, 5.41) is 24.0. The lowest BCUT2D eigenvalue weighted by molar-refractivity contribution is 0.0283. The minimum atomic E-state index is -1.00. The minimum absolute atomic E-state index is 0.0972. The number of nitriles is 1. The fraction of sp³-hybridized carbons (Fsp3) is 0.333. The zero-order chi connectivity index (χ0) is 26.9. The summed E-state index contributed by atoms with van der Waals surface area (Å²) < 4.78 is 31.9. The standard InChI is InChI=1S/C27H27FN6O4/c1-27(2,35)16-37-20-10-21(25-18(11-29)13-31-34(25)15-20)17-4-6-23(30-12-17)33-9-8-19(14-33)38-24-7-5-22(28)26(32-24)36-3/h4-7,10,12-13,15,19,35H,8-9,14,16H2,1-3H3. The van der Waals surface area contributed by atoms with Crippen LogP contribution >= 0.6 is 0 Å². The molecule has 11 heteroatoms. The first kappa shape index (κ1) is 25.2. The van der Waals surface area contributed by atoms with Gasteiger partial charge in [-0.15, -0.1) is 0 Å². The molecule has 1 saturated heterocycles. The van der Waals surface area contributed by atoms with Crippen molar-refractivity contribution in [3.63, 3.8) is 0 Å². The van der Waals surface area contributed by atoms with Gasteiger partial charge in [0.15, 0.2) is 5.82 Å². The third-order valence-corrected chi connectivity index (χ3v) is 6.10. The normalized spacial score (nSPS) is 15.5. The molecule has 1 unspecified atom stereocenters. The second kappa shape index (κ2) is 10.1. The number of ether oxygens (including phenoxy) is 3. The van der Waals surface area contributed by atoms with Gasteiger partial charge in [0.1, 0.15) is 30.3 Å². The van der Waals surface area contributed by atoms with E-state index in [0.29, 0.717) is 29.3 Å². The highest BCUT2D eigenvalue weighted by atomic mass is 19.1. The molecule has 0 spiro atoms. The molecule has 196 valence electrons. The van der Waals surface area contributed by atoms with E-state index in [9.17, 15) is 14.8 Å². The average molecular weight is 519 g/mol. The Kier molecular flexibility index (Phi) is 6.73. The van der Waals surface area contributed by atoms with Crippen molar-refractivity contribution >= 4 is 11.3 Å². The van der Waals surface area contributed by atoms with Crippen LogP contribution in [0.25, 0.3) is 16.6 Å². The Morgan fingerprint density at radius 3 is 2.79 bits per heavy atom. The molecule has 4 aromatic rings. The van der Waals surface area contributed by atoms with Gasteiger partial charge in [-0.05, 0) is 38.1 Å². The zero-order valence-electron chi connectivity index (χ0n) is 21.3. The van der Waals surface area contributed by atoms with E-state index in [0.717, 1.165) is 29.9 Å². The Labute approximate surface area is 218 Å². The van der Waals surface area contributed by atoms with Crippen molar-refractivity contribution in [2.24, 2.45) is 0 Å². The van der Waals surface area contributed by atoms with Crippen molar-refractivity contribution in [1.29, 1.82) is 5.26 Å². The van der Waals surface area contributed by atoms with Gasteiger partial charge < -0.3 is 24.2 Å². The third kappa shape index (κ3) is 5.31. The van der Waals surface area contributed by atoms with Crippen LogP contribution in [0.2, 0.25) is 0 Å². The third-order valence-electron chi connectivity index (χ3n) is 6.10. The number of pyridine rings is 3. The molecule has 1 aliphatic rings. The number of aromatic nitrogens is 4. The van der Waals surface area contributed by atoms with Gasteiger partial charge in [-0.3, -0.25) is 0 Å². The van der Waals surface area contributed by atoms with Gasteiger partial charge in [0, 0.05) is 36.4 Å². The predicted molar refractivity (Wildman–Crippen MR) is 137 cm³/mol. The maximum absolute atomic E-state index is 13.6. The number of fused-ring (bicyclic) bond motifs is 1. The van der Waals surface area contributed by atoms with E-state index in [1.54, 1.807) is 30.8 Å². The fourth-order valence-electron chi connectivity index (χ4n) is 4.29. The molecule has 0 bridgehead atoms. The minimum Gasteiger partial charge on any atom is -0.489 e. The van der Waals surface area contributed by atoms with E-state index in [4.69, 9.17) is 14.2 Å². The highest BCUT2D eigenvalue weighted by molar-refractivity contribution is 5.85. The Morgan fingerprint density at radius 2 is 2.08 bits per heavy atom. The van der Waals surface area contributed by atoms with Gasteiger partial charge in [0.05, 0.1) is 42.7 Å². The molecule has 1 atom stereocenters. The van der Waals surface area contributed by atoms with Crippen LogP contribution in [-0.2, 0) is 0 Å². The molecule has 0 aliphatic carbocycles. The number of rotatable bonds is 8. The molecule has 5 rings (SSSR count). The van der Waals surface area contributed by atoms with Gasteiger partial charge in [-0.25, -0.2) is 13.9 Å². The molecule has 1 N–H and O–H groups in total. The molecule has 1 fully saturated rings. The van der Waals surface area contributed by atoms with Crippen LogP contribution in [0.4, 0.5) is 10.2 Å². The molecule has 1 aliphatic heterocycles. The van der Waals surface area contributed by atoms with Crippen LogP contribution in [0, 0.1) is 17.1 Å². The van der Waals surface area contributed by atoms with E-state index in [-0.39, 0.29) is 18.6 Å². The lowest BCUT2D eigenvalue weighted by atomic mass is 10.1. The van der Waals surface area contributed by atoms with E-state index < -0.39 is 11.4 Å². The van der Waals surface area contributed by atoms with Crippen LogP contribution < -0.4 is 19.1 Å².